The van der Waals surface area contributed by atoms with E-state index in [2.05, 4.69) is 15.3 Å². The Labute approximate surface area is 152 Å². The summed E-state index contributed by atoms with van der Waals surface area (Å²) in [6, 6.07) is 5.66. The number of fused-ring (bicyclic) bond motifs is 1. The zero-order chi connectivity index (χ0) is 18.1. The van der Waals surface area contributed by atoms with Gasteiger partial charge in [0.05, 0.1) is 46.1 Å². The fourth-order valence-corrected chi connectivity index (χ4v) is 4.06. The van der Waals surface area contributed by atoms with Crippen LogP contribution in [0.2, 0.25) is 0 Å². The minimum atomic E-state index is -0.973. The maximum atomic E-state index is 12.3. The fourth-order valence-electron chi connectivity index (χ4n) is 2.71. The Morgan fingerprint density at radius 2 is 2.19 bits per heavy atom. The van der Waals surface area contributed by atoms with Crippen LogP contribution >= 0.6 is 0 Å². The Balaban J connectivity index is 1.64. The molecule has 26 heavy (non-hydrogen) atoms. The van der Waals surface area contributed by atoms with Crippen LogP contribution in [0, 0.1) is 0 Å². The highest BCUT2D eigenvalue weighted by Gasteiger charge is 2.29. The highest BCUT2D eigenvalue weighted by molar-refractivity contribution is 7.86. The predicted molar refractivity (Wildman–Crippen MR) is 98.9 cm³/mol. The zero-order valence-electron chi connectivity index (χ0n) is 14.2. The maximum Gasteiger partial charge on any atom is 0.411 e. The summed E-state index contributed by atoms with van der Waals surface area (Å²) in [6.45, 7) is 2.05. The Morgan fingerprint density at radius 3 is 2.96 bits per heavy atom. The molecule has 0 bridgehead atoms. The lowest BCUT2D eigenvalue weighted by Gasteiger charge is -2.08. The van der Waals surface area contributed by atoms with Gasteiger partial charge in [0.1, 0.15) is 5.65 Å². The number of nitrogens with one attached hydrogen (secondary N) is 1. The van der Waals surface area contributed by atoms with Crippen LogP contribution in [0.5, 0.6) is 0 Å². The second kappa shape index (κ2) is 6.87. The van der Waals surface area contributed by atoms with E-state index in [1.807, 2.05) is 22.9 Å². The molecular weight excluding hydrogens is 352 g/mol. The van der Waals surface area contributed by atoms with Crippen LogP contribution in [0.1, 0.15) is 19.8 Å². The topological polar surface area (TPSA) is 86.1 Å². The number of nitrogens with zero attached hydrogens (tertiary/aromatic N) is 3. The fraction of sp³-hybridized carbons (Fsp3) is 0.278. The van der Waals surface area contributed by atoms with Gasteiger partial charge in [-0.1, -0.05) is 0 Å². The number of aromatic nitrogens is 3. The molecule has 1 unspecified atom stereocenters. The van der Waals surface area contributed by atoms with E-state index < -0.39 is 16.9 Å². The summed E-state index contributed by atoms with van der Waals surface area (Å²) in [4.78, 5) is 21.0. The van der Waals surface area contributed by atoms with Gasteiger partial charge in [-0.3, -0.25) is 19.1 Å². The van der Waals surface area contributed by atoms with E-state index in [1.54, 1.807) is 31.6 Å². The van der Waals surface area contributed by atoms with Crippen molar-refractivity contribution in [3.05, 3.63) is 43.0 Å². The molecule has 0 saturated heterocycles. The smallest absolute Gasteiger partial charge is 0.411 e. The van der Waals surface area contributed by atoms with Gasteiger partial charge in [0.25, 0.3) is 0 Å². The summed E-state index contributed by atoms with van der Waals surface area (Å²) in [5.41, 5.74) is 2.05. The molecule has 1 amide bonds. The molecule has 7 nitrogen and oxygen atoms in total. The number of pyridine rings is 2. The highest BCUT2D eigenvalue weighted by Crippen LogP contribution is 2.31. The van der Waals surface area contributed by atoms with E-state index >= 15 is 0 Å². The molecule has 0 aliphatic heterocycles. The summed E-state index contributed by atoms with van der Waals surface area (Å²) in [5, 5.41) is 3.84. The lowest BCUT2D eigenvalue weighted by Crippen LogP contribution is -2.13. The number of carbonyl (C=O) groups excluding carboxylic acids is 1. The van der Waals surface area contributed by atoms with Gasteiger partial charge in [-0.15, -0.1) is 0 Å². The molecule has 1 aliphatic rings. The van der Waals surface area contributed by atoms with Crippen LogP contribution in [-0.2, 0) is 15.5 Å². The molecule has 1 N–H and O–H groups in total. The van der Waals surface area contributed by atoms with E-state index in [0.29, 0.717) is 12.3 Å². The average Bonchev–Trinajstić information content (AvgIpc) is 3.40. The Bertz CT molecular complexity index is 997. The second-order valence-corrected chi connectivity index (χ2v) is 7.78. The van der Waals surface area contributed by atoms with Gasteiger partial charge in [0, 0.05) is 23.0 Å². The standard InChI is InChI=1S/C18H18N4O3S/c1-2-25-18(23)21-13-8-14(10-19-9-13)22-6-5-12-7-16(11-20-17(12)22)26(24)15-3-4-15/h5-11,15H,2-4H2,1H3,(H,21,23). The number of amides is 1. The lowest BCUT2D eigenvalue weighted by atomic mass is 10.3. The third-order valence-corrected chi connectivity index (χ3v) is 5.85. The van der Waals surface area contributed by atoms with Gasteiger partial charge in [0.15, 0.2) is 0 Å². The number of carbonyl (C=O) groups is 1. The van der Waals surface area contributed by atoms with Crippen LogP contribution in [0.25, 0.3) is 16.7 Å². The van der Waals surface area contributed by atoms with Crippen molar-refractivity contribution >= 4 is 33.6 Å². The van der Waals surface area contributed by atoms with Crippen molar-refractivity contribution in [2.24, 2.45) is 0 Å². The number of hydrogen-bond acceptors (Lipinski definition) is 5. The van der Waals surface area contributed by atoms with E-state index in [1.165, 1.54) is 0 Å². The zero-order valence-corrected chi connectivity index (χ0v) is 15.0. The second-order valence-electron chi connectivity index (χ2n) is 6.04. The van der Waals surface area contributed by atoms with Crippen molar-refractivity contribution in [3.63, 3.8) is 0 Å². The van der Waals surface area contributed by atoms with Crippen LogP contribution < -0.4 is 5.32 Å². The van der Waals surface area contributed by atoms with Crippen molar-refractivity contribution in [2.75, 3.05) is 11.9 Å². The third kappa shape index (κ3) is 3.32. The first-order valence-corrected chi connectivity index (χ1v) is 9.64. The molecule has 1 fully saturated rings. The molecule has 3 aromatic rings. The first-order chi connectivity index (χ1) is 12.7. The third-order valence-electron chi connectivity index (χ3n) is 4.08. The molecule has 4 rings (SSSR count). The normalized spacial score (nSPS) is 15.0. The van der Waals surface area contributed by atoms with Crippen LogP contribution in [0.3, 0.4) is 0 Å². The molecule has 0 radical (unpaired) electrons. The molecule has 1 saturated carbocycles. The van der Waals surface area contributed by atoms with Crippen LogP contribution in [-0.4, -0.2) is 36.7 Å². The molecule has 8 heteroatoms. The SMILES string of the molecule is CCOC(=O)Nc1cncc(-n2ccc3cc(S(=O)C4CC4)cnc32)c1. The molecule has 134 valence electrons. The van der Waals surface area contributed by atoms with Crippen molar-refractivity contribution in [2.45, 2.75) is 29.9 Å². The van der Waals surface area contributed by atoms with E-state index in [0.717, 1.165) is 34.5 Å². The molecule has 0 aromatic carbocycles. The van der Waals surface area contributed by atoms with E-state index in [-0.39, 0.29) is 5.25 Å². The average molecular weight is 370 g/mol. The van der Waals surface area contributed by atoms with Crippen LogP contribution in [0.4, 0.5) is 10.5 Å². The van der Waals surface area contributed by atoms with E-state index in [9.17, 15) is 9.00 Å². The molecule has 0 spiro atoms. The summed E-state index contributed by atoms with van der Waals surface area (Å²) in [6.07, 6.45) is 8.34. The summed E-state index contributed by atoms with van der Waals surface area (Å²) < 4.78 is 19.1. The minimum absolute atomic E-state index is 0.283. The molecule has 1 atom stereocenters. The van der Waals surface area contributed by atoms with E-state index in [4.69, 9.17) is 4.74 Å². The number of hydrogen-bond donors (Lipinski definition) is 1. The minimum Gasteiger partial charge on any atom is -0.450 e. The van der Waals surface area contributed by atoms with Crippen molar-refractivity contribution < 1.29 is 13.7 Å². The van der Waals surface area contributed by atoms with Crippen molar-refractivity contribution in [1.29, 1.82) is 0 Å². The molecular formula is C18H18N4O3S. The summed E-state index contributed by atoms with van der Waals surface area (Å²) in [7, 11) is -0.973. The molecule has 3 heterocycles. The van der Waals surface area contributed by atoms with Gasteiger partial charge < -0.3 is 4.74 Å². The Morgan fingerprint density at radius 1 is 1.35 bits per heavy atom. The van der Waals surface area contributed by atoms with Crippen LogP contribution in [0.15, 0.2) is 47.9 Å². The largest absolute Gasteiger partial charge is 0.450 e. The number of anilines is 1. The highest BCUT2D eigenvalue weighted by atomic mass is 32.2. The van der Waals surface area contributed by atoms with Gasteiger partial charge in [-0.2, -0.15) is 0 Å². The van der Waals surface area contributed by atoms with Crippen molar-refractivity contribution in [1.82, 2.24) is 14.5 Å². The molecule has 3 aromatic heterocycles. The number of rotatable bonds is 5. The molecule has 1 aliphatic carbocycles. The van der Waals surface area contributed by atoms with Crippen molar-refractivity contribution in [3.8, 4) is 5.69 Å². The monoisotopic (exact) mass is 370 g/mol. The summed E-state index contributed by atoms with van der Waals surface area (Å²) >= 11 is 0. The van der Waals surface area contributed by atoms with Gasteiger partial charge in [-0.05, 0) is 38.0 Å². The Kier molecular flexibility index (Phi) is 4.42. The quantitative estimate of drug-likeness (QED) is 0.745. The number of ether oxygens (including phenoxy) is 1. The van der Waals surface area contributed by atoms with Gasteiger partial charge >= 0.3 is 6.09 Å². The summed E-state index contributed by atoms with van der Waals surface area (Å²) in [5.74, 6) is 0. The predicted octanol–water partition coefficient (Wildman–Crippen LogP) is 3.26. The Hall–Kier alpha value is -2.74. The first kappa shape index (κ1) is 16.7. The lowest BCUT2D eigenvalue weighted by molar-refractivity contribution is 0.168. The maximum absolute atomic E-state index is 12.3. The first-order valence-electron chi connectivity index (χ1n) is 8.42. The van der Waals surface area contributed by atoms with Gasteiger partial charge in [0.2, 0.25) is 0 Å². The van der Waals surface area contributed by atoms with Gasteiger partial charge in [-0.25, -0.2) is 9.78 Å².